The third-order valence-electron chi connectivity index (χ3n) is 2.90. The van der Waals surface area contributed by atoms with E-state index in [1.54, 1.807) is 18.2 Å². The summed E-state index contributed by atoms with van der Waals surface area (Å²) in [5.41, 5.74) is 5.84. The summed E-state index contributed by atoms with van der Waals surface area (Å²) in [5.74, 6) is 0.264. The van der Waals surface area contributed by atoms with E-state index in [4.69, 9.17) is 17.3 Å². The van der Waals surface area contributed by atoms with E-state index in [0.29, 0.717) is 23.0 Å². The Morgan fingerprint density at radius 2 is 2.16 bits per heavy atom. The van der Waals surface area contributed by atoms with Crippen LogP contribution in [0.4, 0.5) is 0 Å². The van der Waals surface area contributed by atoms with Gasteiger partial charge in [-0.05, 0) is 37.5 Å². The highest BCUT2D eigenvalue weighted by molar-refractivity contribution is 9.10. The van der Waals surface area contributed by atoms with Crippen LogP contribution in [-0.2, 0) is 0 Å². The molecule has 3 N–H and O–H groups in total. The minimum absolute atomic E-state index is 0.189. The number of hydrogen-bond acceptors (Lipinski definition) is 2. The lowest BCUT2D eigenvalue weighted by Gasteiger charge is -2.31. The van der Waals surface area contributed by atoms with Crippen molar-refractivity contribution >= 4 is 33.4 Å². The van der Waals surface area contributed by atoms with E-state index in [1.807, 2.05) is 6.92 Å². The second-order valence-electron chi connectivity index (χ2n) is 5.44. The maximum absolute atomic E-state index is 12.3. The van der Waals surface area contributed by atoms with Crippen molar-refractivity contribution < 1.29 is 4.79 Å². The molecule has 19 heavy (non-hydrogen) atoms. The molecule has 0 saturated heterocycles. The number of carbonyl (C=O) groups is 1. The molecule has 0 aliphatic heterocycles. The number of hydrogen-bond donors (Lipinski definition) is 2. The first kappa shape index (κ1) is 16.5. The number of nitrogens with one attached hydrogen (secondary N) is 1. The minimum Gasteiger partial charge on any atom is -0.346 e. The van der Waals surface area contributed by atoms with E-state index in [1.165, 1.54) is 0 Å². The molecule has 1 amide bonds. The van der Waals surface area contributed by atoms with Crippen molar-refractivity contribution in [2.75, 3.05) is 6.54 Å². The first-order valence-corrected chi connectivity index (χ1v) is 7.42. The molecule has 1 atom stereocenters. The van der Waals surface area contributed by atoms with Gasteiger partial charge in [0.1, 0.15) is 0 Å². The molecule has 5 heteroatoms. The van der Waals surface area contributed by atoms with E-state index in [2.05, 4.69) is 35.1 Å². The average Bonchev–Trinajstić information content (AvgIpc) is 2.27. The molecule has 0 spiro atoms. The first-order valence-electron chi connectivity index (χ1n) is 6.25. The van der Waals surface area contributed by atoms with Gasteiger partial charge in [-0.25, -0.2) is 0 Å². The van der Waals surface area contributed by atoms with Crippen LogP contribution in [0.15, 0.2) is 22.7 Å². The van der Waals surface area contributed by atoms with Gasteiger partial charge in [-0.2, -0.15) is 0 Å². The predicted molar refractivity (Wildman–Crippen MR) is 83.5 cm³/mol. The van der Waals surface area contributed by atoms with Crippen LogP contribution in [-0.4, -0.2) is 18.0 Å². The third kappa shape index (κ3) is 4.79. The molecule has 0 aliphatic rings. The maximum Gasteiger partial charge on any atom is 0.253 e. The monoisotopic (exact) mass is 346 g/mol. The van der Waals surface area contributed by atoms with Gasteiger partial charge in [-0.15, -0.1) is 0 Å². The molecule has 1 aromatic carbocycles. The summed E-state index contributed by atoms with van der Waals surface area (Å²) in [6, 6.07) is 5.20. The summed E-state index contributed by atoms with van der Waals surface area (Å²) in [6.45, 7) is 6.56. The molecule has 3 nitrogen and oxygen atoms in total. The molecule has 0 radical (unpaired) electrons. The lowest BCUT2D eigenvalue weighted by Crippen LogP contribution is -2.52. The Kier molecular flexibility index (Phi) is 5.83. The zero-order valence-electron chi connectivity index (χ0n) is 11.5. The van der Waals surface area contributed by atoms with Gasteiger partial charge in [0.25, 0.3) is 5.91 Å². The molecule has 0 heterocycles. The quantitative estimate of drug-likeness (QED) is 0.855. The highest BCUT2D eigenvalue weighted by Crippen LogP contribution is 2.23. The van der Waals surface area contributed by atoms with Crippen molar-refractivity contribution in [1.29, 1.82) is 0 Å². The van der Waals surface area contributed by atoms with Gasteiger partial charge in [-0.1, -0.05) is 41.4 Å². The Morgan fingerprint density at radius 3 is 2.63 bits per heavy atom. The topological polar surface area (TPSA) is 55.1 Å². The Bertz CT molecular complexity index is 465. The smallest absolute Gasteiger partial charge is 0.253 e. The van der Waals surface area contributed by atoms with Gasteiger partial charge >= 0.3 is 0 Å². The summed E-state index contributed by atoms with van der Waals surface area (Å²) < 4.78 is 0.845. The van der Waals surface area contributed by atoms with Crippen LogP contribution in [0.3, 0.4) is 0 Å². The third-order valence-corrected chi connectivity index (χ3v) is 3.71. The summed E-state index contributed by atoms with van der Waals surface area (Å²) in [7, 11) is 0. The van der Waals surface area contributed by atoms with Crippen molar-refractivity contribution in [2.45, 2.75) is 32.7 Å². The molecule has 0 aromatic heterocycles. The SMILES string of the molecule is CC(C)CC(C)(CN)NC(=O)c1ccc(Br)cc1Cl. The van der Waals surface area contributed by atoms with Crippen molar-refractivity contribution in [3.8, 4) is 0 Å². The van der Waals surface area contributed by atoms with Crippen LogP contribution in [0.25, 0.3) is 0 Å². The van der Waals surface area contributed by atoms with E-state index < -0.39 is 5.54 Å². The van der Waals surface area contributed by atoms with Crippen molar-refractivity contribution in [1.82, 2.24) is 5.32 Å². The highest BCUT2D eigenvalue weighted by Gasteiger charge is 2.27. The highest BCUT2D eigenvalue weighted by atomic mass is 79.9. The van der Waals surface area contributed by atoms with Crippen molar-refractivity contribution in [3.05, 3.63) is 33.3 Å². The van der Waals surface area contributed by atoms with E-state index in [-0.39, 0.29) is 5.91 Å². The lowest BCUT2D eigenvalue weighted by molar-refractivity contribution is 0.0898. The Morgan fingerprint density at radius 1 is 1.53 bits per heavy atom. The van der Waals surface area contributed by atoms with E-state index in [0.717, 1.165) is 10.9 Å². The Labute approximate surface area is 128 Å². The maximum atomic E-state index is 12.3. The zero-order valence-corrected chi connectivity index (χ0v) is 13.8. The van der Waals surface area contributed by atoms with E-state index >= 15 is 0 Å². The summed E-state index contributed by atoms with van der Waals surface area (Å²) in [4.78, 5) is 12.3. The van der Waals surface area contributed by atoms with Crippen LogP contribution in [0, 0.1) is 5.92 Å². The molecular weight excluding hydrogens is 328 g/mol. The van der Waals surface area contributed by atoms with Crippen LogP contribution in [0.5, 0.6) is 0 Å². The second-order valence-corrected chi connectivity index (χ2v) is 6.76. The van der Waals surface area contributed by atoms with Crippen LogP contribution in [0.1, 0.15) is 37.6 Å². The molecule has 1 unspecified atom stereocenters. The Hall–Kier alpha value is -0.580. The number of nitrogens with two attached hydrogens (primary N) is 1. The zero-order chi connectivity index (χ0) is 14.6. The number of amides is 1. The molecule has 0 fully saturated rings. The van der Waals surface area contributed by atoms with Crippen LogP contribution < -0.4 is 11.1 Å². The molecule has 0 saturated carbocycles. The van der Waals surface area contributed by atoms with Gasteiger partial charge < -0.3 is 11.1 Å². The standard InChI is InChI=1S/C14H20BrClN2O/c1-9(2)7-14(3,8-17)18-13(19)11-5-4-10(15)6-12(11)16/h4-6,9H,7-8,17H2,1-3H3,(H,18,19). The van der Waals surface area contributed by atoms with Gasteiger partial charge in [0.2, 0.25) is 0 Å². The summed E-state index contributed by atoms with van der Waals surface area (Å²) in [5, 5.41) is 3.41. The number of carbonyl (C=O) groups excluding carboxylic acids is 1. The molecule has 1 aromatic rings. The van der Waals surface area contributed by atoms with Gasteiger partial charge in [0.15, 0.2) is 0 Å². The molecule has 0 bridgehead atoms. The largest absolute Gasteiger partial charge is 0.346 e. The lowest BCUT2D eigenvalue weighted by atomic mass is 9.90. The average molecular weight is 348 g/mol. The number of rotatable bonds is 5. The minimum atomic E-state index is -0.415. The molecule has 1 rings (SSSR count). The molecule has 106 valence electrons. The number of halogens is 2. The van der Waals surface area contributed by atoms with Gasteiger partial charge in [0, 0.05) is 16.6 Å². The van der Waals surface area contributed by atoms with Crippen LogP contribution in [0.2, 0.25) is 5.02 Å². The Balaban J connectivity index is 2.88. The first-order chi connectivity index (χ1) is 8.77. The van der Waals surface area contributed by atoms with Crippen molar-refractivity contribution in [2.24, 2.45) is 11.7 Å². The fraction of sp³-hybridized carbons (Fsp3) is 0.500. The van der Waals surface area contributed by atoms with E-state index in [9.17, 15) is 4.79 Å². The second kappa shape index (κ2) is 6.73. The number of benzene rings is 1. The molecule has 0 aliphatic carbocycles. The van der Waals surface area contributed by atoms with Crippen molar-refractivity contribution in [3.63, 3.8) is 0 Å². The fourth-order valence-corrected chi connectivity index (χ4v) is 2.86. The summed E-state index contributed by atoms with van der Waals surface area (Å²) >= 11 is 9.40. The van der Waals surface area contributed by atoms with Gasteiger partial charge in [0.05, 0.1) is 10.6 Å². The molecular formula is C14H20BrClN2O. The van der Waals surface area contributed by atoms with Gasteiger partial charge in [-0.3, -0.25) is 4.79 Å². The fourth-order valence-electron chi connectivity index (χ4n) is 2.10. The summed E-state index contributed by atoms with van der Waals surface area (Å²) in [6.07, 6.45) is 0.823. The normalized spacial score (nSPS) is 14.3. The van der Waals surface area contributed by atoms with Crippen LogP contribution >= 0.6 is 27.5 Å². The predicted octanol–water partition coefficient (Wildman–Crippen LogP) is 3.60.